The summed E-state index contributed by atoms with van der Waals surface area (Å²) in [7, 11) is 1.60. The fraction of sp³-hybridized carbons (Fsp3) is 0.200. The smallest absolute Gasteiger partial charge is 0.261 e. The Morgan fingerprint density at radius 2 is 1.86 bits per heavy atom. The van der Waals surface area contributed by atoms with Gasteiger partial charge in [-0.1, -0.05) is 18.2 Å². The quantitative estimate of drug-likeness (QED) is 0.796. The molecule has 0 saturated carbocycles. The number of hydrogen-bond acceptors (Lipinski definition) is 4. The Bertz CT molecular complexity index is 717. The van der Waals surface area contributed by atoms with Crippen LogP contribution in [0, 0.1) is 0 Å². The first-order valence-electron chi connectivity index (χ1n) is 6.44. The average Bonchev–Trinajstić information content (AvgIpc) is 2.87. The van der Waals surface area contributed by atoms with Crippen molar-refractivity contribution in [3.63, 3.8) is 0 Å². The average molecular weight is 341 g/mol. The summed E-state index contributed by atoms with van der Waals surface area (Å²) in [5.41, 5.74) is 1.36. The van der Waals surface area contributed by atoms with Gasteiger partial charge in [0.15, 0.2) is 0 Å². The topological polar surface area (TPSA) is 43.4 Å². The van der Waals surface area contributed by atoms with Gasteiger partial charge in [0, 0.05) is 20.8 Å². The molecule has 0 N–H and O–H groups in total. The second-order valence-electron chi connectivity index (χ2n) is 4.77. The Morgan fingerprint density at radius 1 is 1.14 bits per heavy atom. The number of benzene rings is 2. The first-order valence-corrected chi connectivity index (χ1v) is 9.63. The minimum Gasteiger partial charge on any atom is -0.492 e. The van der Waals surface area contributed by atoms with E-state index < -0.39 is 9.05 Å². The molecule has 0 saturated heterocycles. The maximum atomic E-state index is 11.2. The number of ether oxygens (including phenoxy) is 1. The predicted molar refractivity (Wildman–Crippen MR) is 84.8 cm³/mol. The van der Waals surface area contributed by atoms with E-state index in [1.54, 1.807) is 12.1 Å². The highest BCUT2D eigenvalue weighted by molar-refractivity contribution is 8.13. The van der Waals surface area contributed by atoms with E-state index in [0.717, 1.165) is 6.42 Å². The lowest BCUT2D eigenvalue weighted by Gasteiger charge is -2.11. The largest absolute Gasteiger partial charge is 0.492 e. The number of halogens is 1. The van der Waals surface area contributed by atoms with Gasteiger partial charge < -0.3 is 4.74 Å². The van der Waals surface area contributed by atoms with Crippen LogP contribution in [0.25, 0.3) is 0 Å². The summed E-state index contributed by atoms with van der Waals surface area (Å²) in [6.45, 7) is 0.590. The maximum Gasteiger partial charge on any atom is 0.261 e. The van der Waals surface area contributed by atoms with Crippen LogP contribution < -0.4 is 4.74 Å². The van der Waals surface area contributed by atoms with E-state index in [1.807, 2.05) is 23.9 Å². The van der Waals surface area contributed by atoms with Crippen molar-refractivity contribution in [3.8, 4) is 5.75 Å². The number of fused-ring (bicyclic) bond motifs is 1. The highest BCUT2D eigenvalue weighted by Gasteiger charge is 2.22. The summed E-state index contributed by atoms with van der Waals surface area (Å²) >= 11 is 1.82. The first-order chi connectivity index (χ1) is 10.0. The Hall–Kier alpha value is -1.17. The van der Waals surface area contributed by atoms with Crippen LogP contribution in [0.4, 0.5) is 0 Å². The molecule has 0 radical (unpaired) electrons. The van der Waals surface area contributed by atoms with Crippen LogP contribution in [0.2, 0.25) is 0 Å². The summed E-state index contributed by atoms with van der Waals surface area (Å²) in [6.07, 6.45) is 0.995. The Labute approximate surface area is 132 Å². The fourth-order valence-electron chi connectivity index (χ4n) is 2.23. The third-order valence-electron chi connectivity index (χ3n) is 3.25. The molecule has 0 bridgehead atoms. The van der Waals surface area contributed by atoms with Crippen molar-refractivity contribution < 1.29 is 13.2 Å². The number of hydrogen-bond donors (Lipinski definition) is 0. The van der Waals surface area contributed by atoms with Gasteiger partial charge in [-0.3, -0.25) is 0 Å². The molecule has 6 heteroatoms. The summed E-state index contributed by atoms with van der Waals surface area (Å²) < 4.78 is 28.0. The molecule has 1 aliphatic heterocycles. The second-order valence-corrected chi connectivity index (χ2v) is 8.68. The minimum absolute atomic E-state index is 0.0826. The van der Waals surface area contributed by atoms with Crippen LogP contribution in [0.1, 0.15) is 5.56 Å². The van der Waals surface area contributed by atoms with Gasteiger partial charge >= 0.3 is 0 Å². The maximum absolute atomic E-state index is 11.2. The summed E-state index contributed by atoms with van der Waals surface area (Å²) in [5.74, 6) is 0.649. The van der Waals surface area contributed by atoms with Gasteiger partial charge in [-0.15, -0.1) is 11.8 Å². The van der Waals surface area contributed by atoms with Crippen LogP contribution in [0.3, 0.4) is 0 Å². The molecule has 0 aliphatic carbocycles. The monoisotopic (exact) mass is 340 g/mol. The molecule has 0 spiro atoms. The van der Waals surface area contributed by atoms with E-state index >= 15 is 0 Å². The normalized spacial score (nSPS) is 17.5. The Balaban J connectivity index is 1.60. The third kappa shape index (κ3) is 3.54. The van der Waals surface area contributed by atoms with E-state index in [1.165, 1.54) is 22.6 Å². The Morgan fingerprint density at radius 3 is 2.52 bits per heavy atom. The van der Waals surface area contributed by atoms with Crippen molar-refractivity contribution in [2.45, 2.75) is 21.5 Å². The van der Waals surface area contributed by atoms with Crippen LogP contribution in [-0.2, 0) is 15.5 Å². The molecule has 2 aromatic carbocycles. The van der Waals surface area contributed by atoms with Gasteiger partial charge in [-0.05, 0) is 42.3 Å². The van der Waals surface area contributed by atoms with E-state index in [2.05, 4.69) is 12.1 Å². The molecule has 0 aromatic heterocycles. The molecule has 3 nitrogen and oxygen atoms in total. The Kier molecular flexibility index (Phi) is 4.15. The van der Waals surface area contributed by atoms with Crippen molar-refractivity contribution in [1.29, 1.82) is 0 Å². The van der Waals surface area contributed by atoms with Gasteiger partial charge in [0.25, 0.3) is 9.05 Å². The van der Waals surface area contributed by atoms with Crippen LogP contribution >= 0.6 is 22.4 Å². The summed E-state index contributed by atoms with van der Waals surface area (Å²) in [5, 5.41) is 0.388. The van der Waals surface area contributed by atoms with Crippen molar-refractivity contribution in [2.24, 2.45) is 0 Å². The van der Waals surface area contributed by atoms with Crippen molar-refractivity contribution in [1.82, 2.24) is 0 Å². The van der Waals surface area contributed by atoms with E-state index in [-0.39, 0.29) is 4.90 Å². The summed E-state index contributed by atoms with van der Waals surface area (Å²) in [4.78, 5) is 1.40. The third-order valence-corrected chi connectivity index (χ3v) is 5.91. The number of rotatable bonds is 4. The standard InChI is InChI=1S/C15H13ClO3S2/c16-21(17,18)14-7-5-12(6-8-14)19-10-13-9-11-3-1-2-4-15(11)20-13/h1-8,13H,9-10H2. The van der Waals surface area contributed by atoms with Gasteiger partial charge in [0.05, 0.1) is 4.90 Å². The van der Waals surface area contributed by atoms with Crippen LogP contribution in [0.5, 0.6) is 5.75 Å². The zero-order valence-corrected chi connectivity index (χ0v) is 13.4. The lowest BCUT2D eigenvalue weighted by molar-refractivity contribution is 0.317. The van der Waals surface area contributed by atoms with Crippen molar-refractivity contribution in [3.05, 3.63) is 54.1 Å². The molecule has 1 unspecified atom stereocenters. The van der Waals surface area contributed by atoms with Crippen molar-refractivity contribution >= 4 is 31.5 Å². The zero-order chi connectivity index (χ0) is 14.9. The molecule has 0 fully saturated rings. The lowest BCUT2D eigenvalue weighted by atomic mass is 10.1. The molecule has 1 atom stereocenters. The highest BCUT2D eigenvalue weighted by Crippen LogP contribution is 2.36. The molecule has 1 aliphatic rings. The molecule has 1 heterocycles. The fourth-order valence-corrected chi connectivity index (χ4v) is 4.22. The predicted octanol–water partition coefficient (Wildman–Crippen LogP) is 3.71. The lowest BCUT2D eigenvalue weighted by Crippen LogP contribution is -2.13. The van der Waals surface area contributed by atoms with E-state index in [0.29, 0.717) is 17.6 Å². The van der Waals surface area contributed by atoms with E-state index in [4.69, 9.17) is 15.4 Å². The SMILES string of the molecule is O=S(=O)(Cl)c1ccc(OCC2Cc3ccccc3S2)cc1. The summed E-state index contributed by atoms with van der Waals surface area (Å²) in [6, 6.07) is 14.5. The van der Waals surface area contributed by atoms with Crippen molar-refractivity contribution in [2.75, 3.05) is 6.61 Å². The molecule has 0 amide bonds. The molecule has 110 valence electrons. The van der Waals surface area contributed by atoms with Gasteiger partial charge in [0.2, 0.25) is 0 Å². The molecular formula is C15H13ClO3S2. The second kappa shape index (κ2) is 5.91. The van der Waals surface area contributed by atoms with E-state index in [9.17, 15) is 8.42 Å². The minimum atomic E-state index is -3.67. The highest BCUT2D eigenvalue weighted by atomic mass is 35.7. The zero-order valence-electron chi connectivity index (χ0n) is 11.0. The molecule has 3 rings (SSSR count). The molecule has 21 heavy (non-hydrogen) atoms. The molecular weight excluding hydrogens is 328 g/mol. The molecule has 2 aromatic rings. The first kappa shape index (κ1) is 14.8. The van der Waals surface area contributed by atoms with Crippen LogP contribution in [-0.4, -0.2) is 20.3 Å². The number of thioether (sulfide) groups is 1. The van der Waals surface area contributed by atoms with Crippen LogP contribution in [0.15, 0.2) is 58.3 Å². The van der Waals surface area contributed by atoms with Gasteiger partial charge in [0.1, 0.15) is 12.4 Å². The van der Waals surface area contributed by atoms with Gasteiger partial charge in [-0.25, -0.2) is 8.42 Å². The van der Waals surface area contributed by atoms with Gasteiger partial charge in [-0.2, -0.15) is 0 Å².